The first kappa shape index (κ1) is 17.9. The number of thioether (sulfide) groups is 1. The predicted molar refractivity (Wildman–Crippen MR) is 95.7 cm³/mol. The summed E-state index contributed by atoms with van der Waals surface area (Å²) in [4.78, 5) is 13.4. The summed E-state index contributed by atoms with van der Waals surface area (Å²) in [6.07, 6.45) is 0.698. The van der Waals surface area contributed by atoms with Crippen molar-refractivity contribution in [3.8, 4) is 0 Å². The van der Waals surface area contributed by atoms with E-state index < -0.39 is 15.7 Å². The molecule has 1 amide bonds. The molecule has 0 fully saturated rings. The van der Waals surface area contributed by atoms with Crippen LogP contribution in [0.3, 0.4) is 0 Å². The fourth-order valence-corrected chi connectivity index (χ4v) is 5.11. The van der Waals surface area contributed by atoms with Gasteiger partial charge in [0.15, 0.2) is 9.84 Å². The topological polar surface area (TPSA) is 63.2 Å². The second kappa shape index (κ2) is 7.58. The van der Waals surface area contributed by atoms with Gasteiger partial charge in [0.25, 0.3) is 0 Å². The number of nitrogens with one attached hydrogen (secondary N) is 1. The van der Waals surface area contributed by atoms with Crippen LogP contribution in [0.15, 0.2) is 58.3 Å². The zero-order valence-electron chi connectivity index (χ0n) is 13.4. The molecular weight excluding hydrogens is 361 g/mol. The Labute approximate surface area is 150 Å². The fourth-order valence-electron chi connectivity index (χ4n) is 2.75. The molecule has 0 unspecified atom stereocenters. The van der Waals surface area contributed by atoms with Crippen molar-refractivity contribution in [3.05, 3.63) is 59.9 Å². The van der Waals surface area contributed by atoms with E-state index in [1.165, 1.54) is 12.1 Å². The molecule has 2 aromatic rings. The van der Waals surface area contributed by atoms with Gasteiger partial charge in [0, 0.05) is 17.1 Å². The SMILES string of the molecule is O=C(CCS(=O)(=O)c1ccc(F)cc1)N[C@@H]1CCSc2ccccc21. The fraction of sp³-hybridized carbons (Fsp3) is 0.278. The number of sulfone groups is 1. The van der Waals surface area contributed by atoms with Crippen molar-refractivity contribution in [2.24, 2.45) is 0 Å². The van der Waals surface area contributed by atoms with Crippen LogP contribution in [0, 0.1) is 5.82 Å². The summed E-state index contributed by atoms with van der Waals surface area (Å²) < 4.78 is 37.4. The van der Waals surface area contributed by atoms with Gasteiger partial charge in [-0.1, -0.05) is 18.2 Å². The minimum Gasteiger partial charge on any atom is -0.349 e. The smallest absolute Gasteiger partial charge is 0.221 e. The van der Waals surface area contributed by atoms with Gasteiger partial charge in [-0.3, -0.25) is 4.79 Å². The van der Waals surface area contributed by atoms with Gasteiger partial charge in [0.2, 0.25) is 5.91 Å². The summed E-state index contributed by atoms with van der Waals surface area (Å²) in [6, 6.07) is 12.5. The molecule has 0 aromatic heterocycles. The molecule has 0 saturated heterocycles. The van der Waals surface area contributed by atoms with Crippen molar-refractivity contribution in [1.29, 1.82) is 0 Å². The number of carbonyl (C=O) groups is 1. The molecule has 0 radical (unpaired) electrons. The van der Waals surface area contributed by atoms with E-state index in [-0.39, 0.29) is 29.0 Å². The van der Waals surface area contributed by atoms with Crippen LogP contribution in [-0.4, -0.2) is 25.8 Å². The number of fused-ring (bicyclic) bond motifs is 1. The monoisotopic (exact) mass is 379 g/mol. The van der Waals surface area contributed by atoms with Crippen molar-refractivity contribution in [2.75, 3.05) is 11.5 Å². The molecule has 1 aliphatic heterocycles. The lowest BCUT2D eigenvalue weighted by Gasteiger charge is -2.25. The van der Waals surface area contributed by atoms with E-state index in [0.717, 1.165) is 34.8 Å². The summed E-state index contributed by atoms with van der Waals surface area (Å²) in [5.41, 5.74) is 1.08. The second-order valence-electron chi connectivity index (χ2n) is 5.82. The molecule has 2 aromatic carbocycles. The lowest BCUT2D eigenvalue weighted by atomic mass is 10.0. The van der Waals surface area contributed by atoms with Crippen molar-refractivity contribution >= 4 is 27.5 Å². The van der Waals surface area contributed by atoms with Crippen LogP contribution in [0.2, 0.25) is 0 Å². The molecule has 1 atom stereocenters. The number of benzene rings is 2. The van der Waals surface area contributed by atoms with Crippen molar-refractivity contribution in [1.82, 2.24) is 5.32 Å². The number of hydrogen-bond acceptors (Lipinski definition) is 4. The Balaban J connectivity index is 1.61. The normalized spacial score (nSPS) is 16.9. The maximum absolute atomic E-state index is 12.9. The summed E-state index contributed by atoms with van der Waals surface area (Å²) in [5.74, 6) is -0.174. The van der Waals surface area contributed by atoms with Gasteiger partial charge in [-0.15, -0.1) is 11.8 Å². The van der Waals surface area contributed by atoms with Gasteiger partial charge in [0.05, 0.1) is 16.7 Å². The highest BCUT2D eigenvalue weighted by Gasteiger charge is 2.23. The largest absolute Gasteiger partial charge is 0.349 e. The minimum absolute atomic E-state index is 0.0288. The maximum Gasteiger partial charge on any atom is 0.221 e. The molecule has 1 heterocycles. The number of amides is 1. The Morgan fingerprint density at radius 3 is 2.64 bits per heavy atom. The van der Waals surface area contributed by atoms with Crippen LogP contribution in [0.4, 0.5) is 4.39 Å². The summed E-state index contributed by atoms with van der Waals surface area (Å²) in [5, 5.41) is 2.93. The minimum atomic E-state index is -3.61. The zero-order valence-corrected chi connectivity index (χ0v) is 15.1. The molecule has 0 aliphatic carbocycles. The second-order valence-corrected chi connectivity index (χ2v) is 9.06. The van der Waals surface area contributed by atoms with Crippen LogP contribution in [0.25, 0.3) is 0 Å². The van der Waals surface area contributed by atoms with Crippen molar-refractivity contribution in [3.63, 3.8) is 0 Å². The molecule has 7 heteroatoms. The van der Waals surface area contributed by atoms with Crippen molar-refractivity contribution < 1.29 is 17.6 Å². The molecule has 4 nitrogen and oxygen atoms in total. The third-order valence-corrected chi connectivity index (χ3v) is 6.92. The zero-order chi connectivity index (χ0) is 17.9. The standard InChI is InChI=1S/C18H18FNO3S2/c19-13-5-7-14(8-6-13)25(22,23)12-10-18(21)20-16-9-11-24-17-4-2-1-3-15(16)17/h1-8,16H,9-12H2,(H,20,21)/t16-/m1/s1. The Bertz CT molecular complexity index is 866. The third-order valence-electron chi connectivity index (χ3n) is 4.06. The van der Waals surface area contributed by atoms with Gasteiger partial charge in [-0.2, -0.15) is 0 Å². The lowest BCUT2D eigenvalue weighted by Crippen LogP contribution is -2.31. The average molecular weight is 379 g/mol. The Morgan fingerprint density at radius 2 is 1.88 bits per heavy atom. The van der Waals surface area contributed by atoms with Crippen LogP contribution >= 0.6 is 11.8 Å². The van der Waals surface area contributed by atoms with Gasteiger partial charge in [0.1, 0.15) is 5.82 Å². The van der Waals surface area contributed by atoms with Gasteiger partial charge >= 0.3 is 0 Å². The number of carbonyl (C=O) groups excluding carboxylic acids is 1. The highest BCUT2D eigenvalue weighted by Crippen LogP contribution is 2.35. The Kier molecular flexibility index (Phi) is 5.44. The Morgan fingerprint density at radius 1 is 1.16 bits per heavy atom. The van der Waals surface area contributed by atoms with E-state index in [1.54, 1.807) is 11.8 Å². The molecule has 0 spiro atoms. The molecule has 0 saturated carbocycles. The molecule has 1 N–H and O–H groups in total. The molecule has 132 valence electrons. The summed E-state index contributed by atoms with van der Waals surface area (Å²) in [6.45, 7) is 0. The molecule has 3 rings (SSSR count). The number of rotatable bonds is 5. The van der Waals surface area contributed by atoms with E-state index >= 15 is 0 Å². The third kappa shape index (κ3) is 4.41. The quantitative estimate of drug-likeness (QED) is 0.810. The first-order chi connectivity index (χ1) is 12.0. The number of halogens is 1. The first-order valence-electron chi connectivity index (χ1n) is 7.95. The molecule has 1 aliphatic rings. The van der Waals surface area contributed by atoms with Gasteiger partial charge in [-0.05, 0) is 42.3 Å². The lowest BCUT2D eigenvalue weighted by molar-refractivity contribution is -0.121. The summed E-state index contributed by atoms with van der Waals surface area (Å²) >= 11 is 1.76. The maximum atomic E-state index is 12.9. The molecule has 0 bridgehead atoms. The van der Waals surface area contributed by atoms with E-state index in [1.807, 2.05) is 24.3 Å². The van der Waals surface area contributed by atoms with Crippen LogP contribution in [0.1, 0.15) is 24.4 Å². The predicted octanol–water partition coefficient (Wildman–Crippen LogP) is 3.34. The van der Waals surface area contributed by atoms with Crippen LogP contribution in [0.5, 0.6) is 0 Å². The highest BCUT2D eigenvalue weighted by molar-refractivity contribution is 7.99. The highest BCUT2D eigenvalue weighted by atomic mass is 32.2. The van der Waals surface area contributed by atoms with Gasteiger partial charge < -0.3 is 5.32 Å². The van der Waals surface area contributed by atoms with Crippen LogP contribution in [-0.2, 0) is 14.6 Å². The van der Waals surface area contributed by atoms with Gasteiger partial charge in [-0.25, -0.2) is 12.8 Å². The summed E-state index contributed by atoms with van der Waals surface area (Å²) in [7, 11) is -3.61. The first-order valence-corrected chi connectivity index (χ1v) is 10.6. The van der Waals surface area contributed by atoms with E-state index in [2.05, 4.69) is 5.32 Å². The number of hydrogen-bond donors (Lipinski definition) is 1. The average Bonchev–Trinajstić information content (AvgIpc) is 2.61. The van der Waals surface area contributed by atoms with Crippen LogP contribution < -0.4 is 5.32 Å². The van der Waals surface area contributed by atoms with E-state index in [0.29, 0.717) is 0 Å². The van der Waals surface area contributed by atoms with Crippen molar-refractivity contribution in [2.45, 2.75) is 28.7 Å². The molecular formula is C18H18FNO3S2. The van der Waals surface area contributed by atoms with E-state index in [4.69, 9.17) is 0 Å². The Hall–Kier alpha value is -1.86. The molecule has 25 heavy (non-hydrogen) atoms. The van der Waals surface area contributed by atoms with E-state index in [9.17, 15) is 17.6 Å².